The molecule has 2 heterocycles. The molecule has 1 aliphatic heterocycles. The number of fused-ring (bicyclic) bond motifs is 1. The lowest BCUT2D eigenvalue weighted by atomic mass is 9.94. The predicted molar refractivity (Wildman–Crippen MR) is 142 cm³/mol. The van der Waals surface area contributed by atoms with Crippen molar-refractivity contribution in [3.8, 4) is 5.75 Å². The van der Waals surface area contributed by atoms with Crippen LogP contribution >= 0.6 is 15.9 Å². The van der Waals surface area contributed by atoms with Crippen molar-refractivity contribution in [1.29, 1.82) is 0 Å². The molecule has 8 nitrogen and oxygen atoms in total. The molecule has 186 valence electrons. The lowest BCUT2D eigenvalue weighted by Gasteiger charge is -2.28. The number of carbonyl (C=O) groups is 3. The van der Waals surface area contributed by atoms with Crippen LogP contribution in [0, 0.1) is 0 Å². The highest BCUT2D eigenvalue weighted by atomic mass is 79.9. The molecule has 3 aromatic carbocycles. The summed E-state index contributed by atoms with van der Waals surface area (Å²) in [5.41, 5.74) is 1.67. The molecular weight excluding hydrogens is 540 g/mol. The van der Waals surface area contributed by atoms with Gasteiger partial charge in [-0.2, -0.15) is 0 Å². The lowest BCUT2D eigenvalue weighted by Crippen LogP contribution is -2.31. The first-order chi connectivity index (χ1) is 17.8. The largest absolute Gasteiger partial charge is 0.503 e. The van der Waals surface area contributed by atoms with E-state index in [4.69, 9.17) is 9.15 Å². The summed E-state index contributed by atoms with van der Waals surface area (Å²) in [4.78, 5) is 40.2. The number of methoxy groups -OCH3 is 1. The Balaban J connectivity index is 1.67. The molecule has 0 saturated carbocycles. The third-order valence-corrected chi connectivity index (χ3v) is 6.53. The van der Waals surface area contributed by atoms with E-state index in [1.807, 2.05) is 0 Å². The molecule has 0 bridgehead atoms. The monoisotopic (exact) mass is 560 g/mol. The highest BCUT2D eigenvalue weighted by molar-refractivity contribution is 9.10. The van der Waals surface area contributed by atoms with E-state index in [0.717, 1.165) is 4.47 Å². The van der Waals surface area contributed by atoms with Crippen LogP contribution in [0.4, 0.5) is 11.4 Å². The number of aliphatic hydroxyl groups excluding tert-OH is 1. The summed E-state index contributed by atoms with van der Waals surface area (Å²) >= 11 is 3.41. The fraction of sp³-hybridized carbons (Fsp3) is 0.107. The Hall–Kier alpha value is -4.37. The number of hydrogen-bond acceptors (Lipinski definition) is 6. The second kappa shape index (κ2) is 9.59. The van der Waals surface area contributed by atoms with Crippen molar-refractivity contribution in [3.05, 3.63) is 99.9 Å². The molecule has 2 amide bonds. The number of ether oxygens (including phenoxy) is 1. The molecule has 5 rings (SSSR count). The van der Waals surface area contributed by atoms with Crippen molar-refractivity contribution < 1.29 is 28.6 Å². The van der Waals surface area contributed by atoms with Crippen molar-refractivity contribution in [2.45, 2.75) is 13.0 Å². The van der Waals surface area contributed by atoms with Gasteiger partial charge < -0.3 is 19.6 Å². The van der Waals surface area contributed by atoms with Crippen molar-refractivity contribution in [2.24, 2.45) is 0 Å². The summed E-state index contributed by atoms with van der Waals surface area (Å²) in [7, 11) is 1.49. The first kappa shape index (κ1) is 24.3. The van der Waals surface area contributed by atoms with Gasteiger partial charge in [-0.25, -0.2) is 0 Å². The molecule has 37 heavy (non-hydrogen) atoms. The van der Waals surface area contributed by atoms with Gasteiger partial charge in [0.25, 0.3) is 5.91 Å². The van der Waals surface area contributed by atoms with Gasteiger partial charge >= 0.3 is 0 Å². The molecule has 0 aliphatic carbocycles. The van der Waals surface area contributed by atoms with E-state index in [1.165, 1.54) is 18.9 Å². The van der Waals surface area contributed by atoms with Crippen LogP contribution < -0.4 is 15.0 Å². The second-order valence-corrected chi connectivity index (χ2v) is 9.35. The molecule has 1 aliphatic rings. The number of benzene rings is 3. The lowest BCUT2D eigenvalue weighted by molar-refractivity contribution is -0.117. The number of aliphatic hydroxyl groups is 1. The number of nitrogens with one attached hydrogen (secondary N) is 1. The van der Waals surface area contributed by atoms with E-state index in [0.29, 0.717) is 33.7 Å². The number of hydrogen-bond donors (Lipinski definition) is 2. The van der Waals surface area contributed by atoms with Gasteiger partial charge in [-0.05, 0) is 48.5 Å². The number of para-hydroxylation sites is 1. The van der Waals surface area contributed by atoms with Crippen molar-refractivity contribution in [1.82, 2.24) is 0 Å². The van der Waals surface area contributed by atoms with E-state index in [2.05, 4.69) is 21.2 Å². The van der Waals surface area contributed by atoms with Crippen LogP contribution in [0.3, 0.4) is 0 Å². The quantitative estimate of drug-likeness (QED) is 0.282. The Kier molecular flexibility index (Phi) is 6.31. The summed E-state index contributed by atoms with van der Waals surface area (Å²) < 4.78 is 12.2. The van der Waals surface area contributed by atoms with Crippen molar-refractivity contribution in [3.63, 3.8) is 0 Å². The SMILES string of the molecule is COc1ccccc1C1C(C(=O)c2cc3cc(Br)ccc3o2)=C(O)C(=O)N1c1cccc(NC(C)=O)c1. The minimum atomic E-state index is -1.02. The fourth-order valence-electron chi connectivity index (χ4n) is 4.49. The molecule has 1 aromatic heterocycles. The zero-order valence-corrected chi connectivity index (χ0v) is 21.4. The molecule has 1 atom stereocenters. The Labute approximate surface area is 220 Å². The summed E-state index contributed by atoms with van der Waals surface area (Å²) in [6.07, 6.45) is 0. The maximum absolute atomic E-state index is 13.8. The number of rotatable bonds is 6. The zero-order chi connectivity index (χ0) is 26.3. The average molecular weight is 561 g/mol. The number of furan rings is 1. The van der Waals surface area contributed by atoms with Crippen molar-refractivity contribution in [2.75, 3.05) is 17.3 Å². The second-order valence-electron chi connectivity index (χ2n) is 8.44. The van der Waals surface area contributed by atoms with Crippen LogP contribution in [0.15, 0.2) is 93.0 Å². The van der Waals surface area contributed by atoms with Crippen LogP contribution in [0.2, 0.25) is 0 Å². The van der Waals surface area contributed by atoms with Gasteiger partial charge in [-0.15, -0.1) is 0 Å². The molecule has 2 N–H and O–H groups in total. The molecule has 9 heteroatoms. The zero-order valence-electron chi connectivity index (χ0n) is 19.8. The molecule has 0 saturated heterocycles. The average Bonchev–Trinajstić information content (AvgIpc) is 3.41. The Morgan fingerprint density at radius 2 is 1.84 bits per heavy atom. The third kappa shape index (κ3) is 4.38. The normalized spacial score (nSPS) is 15.4. The minimum Gasteiger partial charge on any atom is -0.503 e. The number of nitrogens with zero attached hydrogens (tertiary/aromatic N) is 1. The van der Waals surface area contributed by atoms with E-state index in [9.17, 15) is 19.5 Å². The van der Waals surface area contributed by atoms with Crippen LogP contribution in [-0.2, 0) is 9.59 Å². The predicted octanol–water partition coefficient (Wildman–Crippen LogP) is 5.95. The standard InChI is InChI=1S/C28H21BrN2O6/c1-15(32)30-18-6-5-7-19(14-18)31-25(20-8-3-4-9-22(20)36-2)24(27(34)28(31)35)26(33)23-13-16-12-17(29)10-11-21(16)37-23/h3-14,25,34H,1-2H3,(H,30,32). The van der Waals surface area contributed by atoms with Gasteiger partial charge in [0.05, 0.1) is 18.7 Å². The summed E-state index contributed by atoms with van der Waals surface area (Å²) in [5, 5.41) is 14.4. The molecule has 4 aromatic rings. The van der Waals surface area contributed by atoms with Crippen LogP contribution in [0.1, 0.15) is 29.1 Å². The summed E-state index contributed by atoms with van der Waals surface area (Å²) in [5.74, 6) is -1.95. The smallest absolute Gasteiger partial charge is 0.294 e. The molecule has 0 spiro atoms. The van der Waals surface area contributed by atoms with Gasteiger partial charge in [-0.1, -0.05) is 40.2 Å². The van der Waals surface area contributed by atoms with Crippen LogP contribution in [0.5, 0.6) is 5.75 Å². The van der Waals surface area contributed by atoms with E-state index < -0.39 is 23.5 Å². The topological polar surface area (TPSA) is 109 Å². The fourth-order valence-corrected chi connectivity index (χ4v) is 4.86. The number of carbonyl (C=O) groups excluding carboxylic acids is 3. The Bertz CT molecular complexity index is 1610. The molecule has 1 unspecified atom stereocenters. The van der Waals surface area contributed by atoms with E-state index in [-0.39, 0.29) is 17.2 Å². The first-order valence-corrected chi connectivity index (χ1v) is 12.1. The van der Waals surface area contributed by atoms with Gasteiger partial charge in [0.2, 0.25) is 11.7 Å². The maximum Gasteiger partial charge on any atom is 0.294 e. The number of amides is 2. The molecule has 0 fully saturated rings. The highest BCUT2D eigenvalue weighted by Crippen LogP contribution is 2.45. The Morgan fingerprint density at radius 3 is 2.59 bits per heavy atom. The first-order valence-electron chi connectivity index (χ1n) is 11.3. The summed E-state index contributed by atoms with van der Waals surface area (Å²) in [6.45, 7) is 1.38. The molecular formula is C28H21BrN2O6. The third-order valence-electron chi connectivity index (χ3n) is 6.03. The number of halogens is 1. The van der Waals surface area contributed by atoms with E-state index in [1.54, 1.807) is 72.8 Å². The summed E-state index contributed by atoms with van der Waals surface area (Å²) in [6, 6.07) is 19.4. The van der Waals surface area contributed by atoms with Gasteiger partial charge in [0.15, 0.2) is 11.5 Å². The Morgan fingerprint density at radius 1 is 1.05 bits per heavy atom. The number of Topliss-reactive ketones (excluding diaryl/α,β-unsaturated/α-hetero) is 1. The molecule has 0 radical (unpaired) electrons. The number of ketones is 1. The van der Waals surface area contributed by atoms with Gasteiger partial charge in [0, 0.05) is 33.7 Å². The highest BCUT2D eigenvalue weighted by Gasteiger charge is 2.46. The van der Waals surface area contributed by atoms with Crippen LogP contribution in [0.25, 0.3) is 11.0 Å². The minimum absolute atomic E-state index is 0.0174. The van der Waals surface area contributed by atoms with Crippen molar-refractivity contribution >= 4 is 55.9 Å². The van der Waals surface area contributed by atoms with E-state index >= 15 is 0 Å². The van der Waals surface area contributed by atoms with Gasteiger partial charge in [-0.3, -0.25) is 19.3 Å². The maximum atomic E-state index is 13.8. The van der Waals surface area contributed by atoms with Gasteiger partial charge in [0.1, 0.15) is 11.3 Å². The van der Waals surface area contributed by atoms with Crippen LogP contribution in [-0.4, -0.2) is 29.8 Å². The number of anilines is 2.